The Morgan fingerprint density at radius 1 is 1.06 bits per heavy atom. The number of hydrogen-bond acceptors (Lipinski definition) is 5. The van der Waals surface area contributed by atoms with Gasteiger partial charge < -0.3 is 14.8 Å². The zero-order chi connectivity index (χ0) is 22.6. The third-order valence-corrected chi connectivity index (χ3v) is 7.63. The molecule has 0 bridgehead atoms. The highest BCUT2D eigenvalue weighted by atomic mass is 32.2. The smallest absolute Gasteiger partial charge is 0.243 e. The van der Waals surface area contributed by atoms with Crippen molar-refractivity contribution in [3.05, 3.63) is 53.8 Å². The minimum absolute atomic E-state index is 0.120. The van der Waals surface area contributed by atoms with Gasteiger partial charge in [-0.3, -0.25) is 4.79 Å². The van der Waals surface area contributed by atoms with Crippen molar-refractivity contribution in [2.24, 2.45) is 5.41 Å². The average Bonchev–Trinajstić information content (AvgIpc) is 2.78. The van der Waals surface area contributed by atoms with E-state index in [0.29, 0.717) is 30.9 Å². The summed E-state index contributed by atoms with van der Waals surface area (Å²) in [7, 11) is -0.790. The highest BCUT2D eigenvalue weighted by Gasteiger charge is 2.40. The Labute approximate surface area is 182 Å². The first-order valence-corrected chi connectivity index (χ1v) is 11.4. The maximum Gasteiger partial charge on any atom is 0.243 e. The molecule has 31 heavy (non-hydrogen) atoms. The van der Waals surface area contributed by atoms with Gasteiger partial charge in [0.25, 0.3) is 0 Å². The van der Waals surface area contributed by atoms with Crippen molar-refractivity contribution >= 4 is 15.9 Å². The summed E-state index contributed by atoms with van der Waals surface area (Å²) in [5.74, 6) is 0.321. The van der Waals surface area contributed by atoms with E-state index < -0.39 is 15.4 Å². The topological polar surface area (TPSA) is 84.9 Å². The van der Waals surface area contributed by atoms with Crippen LogP contribution in [-0.2, 0) is 21.4 Å². The Kier molecular flexibility index (Phi) is 6.86. The molecule has 3 rings (SSSR count). The zero-order valence-electron chi connectivity index (χ0n) is 17.9. The largest absolute Gasteiger partial charge is 0.493 e. The summed E-state index contributed by atoms with van der Waals surface area (Å²) in [6, 6.07) is 10.4. The third-order valence-electron chi connectivity index (χ3n) is 5.73. The summed E-state index contributed by atoms with van der Waals surface area (Å²) in [5, 5.41) is 2.88. The lowest BCUT2D eigenvalue weighted by Gasteiger charge is -2.37. The summed E-state index contributed by atoms with van der Waals surface area (Å²) in [4.78, 5) is 12.9. The molecule has 1 N–H and O–H groups in total. The first-order chi connectivity index (χ1) is 14.7. The maximum atomic E-state index is 13.1. The number of halogens is 1. The molecule has 7 nitrogen and oxygen atoms in total. The van der Waals surface area contributed by atoms with Crippen molar-refractivity contribution in [3.63, 3.8) is 0 Å². The minimum Gasteiger partial charge on any atom is -0.493 e. The van der Waals surface area contributed by atoms with E-state index in [0.717, 1.165) is 5.56 Å². The molecule has 0 saturated carbocycles. The lowest BCUT2D eigenvalue weighted by molar-refractivity contribution is -0.132. The number of ether oxygens (including phenoxy) is 2. The van der Waals surface area contributed by atoms with Gasteiger partial charge in [-0.25, -0.2) is 12.8 Å². The Bertz CT molecular complexity index is 1030. The van der Waals surface area contributed by atoms with Gasteiger partial charge in [-0.05, 0) is 42.7 Å². The Hall–Kier alpha value is -2.65. The van der Waals surface area contributed by atoms with Crippen molar-refractivity contribution in [1.29, 1.82) is 0 Å². The van der Waals surface area contributed by atoms with Crippen LogP contribution in [0.5, 0.6) is 11.5 Å². The molecule has 1 aliphatic rings. The van der Waals surface area contributed by atoms with E-state index in [2.05, 4.69) is 5.32 Å². The highest BCUT2D eigenvalue weighted by Crippen LogP contribution is 2.35. The number of amides is 1. The van der Waals surface area contributed by atoms with Gasteiger partial charge >= 0.3 is 0 Å². The number of nitrogens with one attached hydrogen (secondary N) is 1. The van der Waals surface area contributed by atoms with Gasteiger partial charge in [0.1, 0.15) is 5.82 Å². The zero-order valence-corrected chi connectivity index (χ0v) is 18.7. The van der Waals surface area contributed by atoms with Crippen molar-refractivity contribution in [3.8, 4) is 11.5 Å². The molecule has 2 aromatic rings. The van der Waals surface area contributed by atoms with Crippen molar-refractivity contribution in [1.82, 2.24) is 9.62 Å². The highest BCUT2D eigenvalue weighted by molar-refractivity contribution is 7.89. The van der Waals surface area contributed by atoms with E-state index in [1.54, 1.807) is 18.2 Å². The van der Waals surface area contributed by atoms with E-state index in [4.69, 9.17) is 9.47 Å². The van der Waals surface area contributed by atoms with Gasteiger partial charge in [0.15, 0.2) is 11.5 Å². The van der Waals surface area contributed by atoms with E-state index in [-0.39, 0.29) is 29.7 Å². The SMILES string of the molecule is COc1ccc(S(=O)(=O)N2CCC(C)(C(=O)NCc3ccc(F)cc3)CC2)cc1OC. The molecule has 0 unspecified atom stereocenters. The summed E-state index contributed by atoms with van der Waals surface area (Å²) in [6.45, 7) is 2.60. The van der Waals surface area contributed by atoms with Gasteiger partial charge in [0.05, 0.1) is 19.1 Å². The molecule has 2 aromatic carbocycles. The predicted molar refractivity (Wildman–Crippen MR) is 114 cm³/mol. The Balaban J connectivity index is 1.64. The molecule has 1 aliphatic heterocycles. The number of carbonyl (C=O) groups is 1. The molecule has 0 spiro atoms. The van der Waals surface area contributed by atoms with Crippen LogP contribution >= 0.6 is 0 Å². The number of methoxy groups -OCH3 is 2. The number of benzene rings is 2. The summed E-state index contributed by atoms with van der Waals surface area (Å²) in [5.41, 5.74) is 0.121. The van der Waals surface area contributed by atoms with Crippen LogP contribution in [0.1, 0.15) is 25.3 Å². The number of sulfonamides is 1. The molecule has 0 aromatic heterocycles. The van der Waals surface area contributed by atoms with Crippen molar-refractivity contribution in [2.45, 2.75) is 31.2 Å². The Morgan fingerprint density at radius 2 is 1.68 bits per heavy atom. The number of rotatable bonds is 7. The van der Waals surface area contributed by atoms with E-state index in [1.807, 2.05) is 6.92 Å². The number of nitrogens with zero attached hydrogens (tertiary/aromatic N) is 1. The third kappa shape index (κ3) is 4.99. The van der Waals surface area contributed by atoms with Crippen LogP contribution in [0.25, 0.3) is 0 Å². The molecule has 1 saturated heterocycles. The lowest BCUT2D eigenvalue weighted by atomic mass is 9.80. The van der Waals surface area contributed by atoms with Crippen LogP contribution in [-0.4, -0.2) is 45.9 Å². The quantitative estimate of drug-likeness (QED) is 0.701. The molecule has 0 radical (unpaired) electrons. The van der Waals surface area contributed by atoms with E-state index in [9.17, 15) is 17.6 Å². The van der Waals surface area contributed by atoms with E-state index >= 15 is 0 Å². The second-order valence-electron chi connectivity index (χ2n) is 7.79. The molecule has 1 heterocycles. The van der Waals surface area contributed by atoms with E-state index in [1.165, 1.54) is 42.8 Å². The number of carbonyl (C=O) groups excluding carboxylic acids is 1. The fourth-order valence-electron chi connectivity index (χ4n) is 3.57. The Morgan fingerprint density at radius 3 is 2.26 bits per heavy atom. The lowest BCUT2D eigenvalue weighted by Crippen LogP contribution is -2.48. The monoisotopic (exact) mass is 450 g/mol. The number of piperidine rings is 1. The standard InChI is InChI=1S/C22H27FN2O5S/c1-22(21(26)24-15-16-4-6-17(23)7-5-16)10-12-25(13-11-22)31(27,28)18-8-9-19(29-2)20(14-18)30-3/h4-9,14H,10-13,15H2,1-3H3,(H,24,26). The summed E-state index contributed by atoms with van der Waals surface area (Å²) < 4.78 is 50.9. The fraction of sp³-hybridized carbons (Fsp3) is 0.409. The van der Waals surface area contributed by atoms with Crippen LogP contribution in [0.2, 0.25) is 0 Å². The predicted octanol–water partition coefficient (Wildman–Crippen LogP) is 2.95. The van der Waals surface area contributed by atoms with Crippen LogP contribution < -0.4 is 14.8 Å². The van der Waals surface area contributed by atoms with Crippen LogP contribution in [0.15, 0.2) is 47.4 Å². The average molecular weight is 451 g/mol. The van der Waals surface area contributed by atoms with Gasteiger partial charge in [0, 0.05) is 31.1 Å². The maximum absolute atomic E-state index is 13.1. The van der Waals surface area contributed by atoms with Crippen LogP contribution in [0, 0.1) is 11.2 Å². The van der Waals surface area contributed by atoms with Gasteiger partial charge in [-0.2, -0.15) is 4.31 Å². The second kappa shape index (κ2) is 9.23. The van der Waals surface area contributed by atoms with Gasteiger partial charge in [-0.1, -0.05) is 19.1 Å². The van der Waals surface area contributed by atoms with Crippen molar-refractivity contribution < 1.29 is 27.1 Å². The normalized spacial score (nSPS) is 16.5. The van der Waals surface area contributed by atoms with Gasteiger partial charge in [-0.15, -0.1) is 0 Å². The second-order valence-corrected chi connectivity index (χ2v) is 9.73. The fourth-order valence-corrected chi connectivity index (χ4v) is 5.03. The summed E-state index contributed by atoms with van der Waals surface area (Å²) >= 11 is 0. The summed E-state index contributed by atoms with van der Waals surface area (Å²) in [6.07, 6.45) is 0.795. The molecule has 9 heteroatoms. The molecular formula is C22H27FN2O5S. The molecule has 168 valence electrons. The molecule has 1 fully saturated rings. The number of hydrogen-bond donors (Lipinski definition) is 1. The minimum atomic E-state index is -3.72. The molecule has 0 atom stereocenters. The van der Waals surface area contributed by atoms with Gasteiger partial charge in [0.2, 0.25) is 15.9 Å². The molecule has 0 aliphatic carbocycles. The van der Waals surface area contributed by atoms with Crippen LogP contribution in [0.4, 0.5) is 4.39 Å². The van der Waals surface area contributed by atoms with Crippen LogP contribution in [0.3, 0.4) is 0 Å². The molecule has 1 amide bonds. The molecular weight excluding hydrogens is 423 g/mol. The first-order valence-electron chi connectivity index (χ1n) is 9.94. The first kappa shape index (κ1) is 23.0. The van der Waals surface area contributed by atoms with Crippen molar-refractivity contribution in [2.75, 3.05) is 27.3 Å².